The van der Waals surface area contributed by atoms with E-state index in [9.17, 15) is 18.4 Å². The maximum atomic E-state index is 14.4. The highest BCUT2D eigenvalue weighted by Gasteiger charge is 2.31. The van der Waals surface area contributed by atoms with Gasteiger partial charge in [0.2, 0.25) is 0 Å². The normalized spacial score (nSPS) is 13.5. The molecule has 33 heavy (non-hydrogen) atoms. The molecule has 2 amide bonds. The molecule has 2 aromatic heterocycles. The minimum atomic E-state index is -0.604. The van der Waals surface area contributed by atoms with Crippen molar-refractivity contribution in [2.75, 3.05) is 24.5 Å². The second kappa shape index (κ2) is 9.31. The van der Waals surface area contributed by atoms with Crippen LogP contribution in [0.25, 0.3) is 11.5 Å². The number of hydrogen-bond donors (Lipinski definition) is 2. The van der Waals surface area contributed by atoms with Crippen LogP contribution in [0.2, 0.25) is 0 Å². The third-order valence-corrected chi connectivity index (χ3v) is 5.23. The molecule has 0 atom stereocenters. The van der Waals surface area contributed by atoms with Crippen LogP contribution in [0.5, 0.6) is 0 Å². The summed E-state index contributed by atoms with van der Waals surface area (Å²) in [6.45, 7) is 4.56. The Morgan fingerprint density at radius 2 is 1.94 bits per heavy atom. The van der Waals surface area contributed by atoms with Crippen LogP contribution in [0, 0.1) is 11.6 Å². The van der Waals surface area contributed by atoms with Crippen LogP contribution >= 0.6 is 0 Å². The van der Waals surface area contributed by atoms with Gasteiger partial charge in [-0.15, -0.1) is 0 Å². The van der Waals surface area contributed by atoms with E-state index in [0.29, 0.717) is 25.2 Å². The lowest BCUT2D eigenvalue weighted by atomic mass is 10.1. The van der Waals surface area contributed by atoms with Gasteiger partial charge in [0.15, 0.2) is 23.2 Å². The second-order valence-electron chi connectivity index (χ2n) is 7.69. The van der Waals surface area contributed by atoms with Crippen molar-refractivity contribution in [2.45, 2.75) is 26.4 Å². The molecule has 3 aromatic rings. The number of hydrogen-bond acceptors (Lipinski definition) is 6. The zero-order valence-electron chi connectivity index (χ0n) is 18.2. The number of aromatic nitrogens is 4. The van der Waals surface area contributed by atoms with Gasteiger partial charge in [-0.25, -0.2) is 23.5 Å². The van der Waals surface area contributed by atoms with Gasteiger partial charge in [0.25, 0.3) is 0 Å². The lowest BCUT2D eigenvalue weighted by Crippen LogP contribution is -2.61. The molecule has 1 aliphatic heterocycles. The number of benzene rings is 1. The number of ketones is 1. The minimum absolute atomic E-state index is 0.0505. The third-order valence-electron chi connectivity index (χ3n) is 5.23. The predicted octanol–water partition coefficient (Wildman–Crippen LogP) is 2.38. The fourth-order valence-electron chi connectivity index (χ4n) is 3.56. The smallest absolute Gasteiger partial charge is 0.315 e. The Bertz CT molecular complexity index is 1190. The standard InChI is InChI=1S/C22H23F2N7O2/c1-3-25-22(33)27-15-11-30(12-15)21-17(24)9-26-20(28-21)18-8-19(13(2)32)31(29-18)10-14-6-4-5-7-16(14)23/h4-9,15H,3,10-12H2,1-2H3,(H2,25,27,33). The van der Waals surface area contributed by atoms with Crippen LogP contribution in [-0.4, -0.2) is 57.2 Å². The van der Waals surface area contributed by atoms with Gasteiger partial charge in [-0.3, -0.25) is 9.48 Å². The lowest BCUT2D eigenvalue weighted by molar-refractivity contribution is 0.100. The van der Waals surface area contributed by atoms with E-state index < -0.39 is 11.6 Å². The molecule has 1 aliphatic rings. The van der Waals surface area contributed by atoms with Crippen molar-refractivity contribution in [1.29, 1.82) is 0 Å². The molecule has 0 bridgehead atoms. The number of Topliss-reactive ketones (excluding diaryl/α,β-unsaturated/α-hetero) is 1. The van der Waals surface area contributed by atoms with Crippen LogP contribution in [0.4, 0.5) is 19.4 Å². The molecule has 2 N–H and O–H groups in total. The summed E-state index contributed by atoms with van der Waals surface area (Å²) in [5.74, 6) is -1.04. The van der Waals surface area contributed by atoms with Gasteiger partial charge in [-0.2, -0.15) is 5.10 Å². The number of anilines is 1. The Balaban J connectivity index is 1.56. The lowest BCUT2D eigenvalue weighted by Gasteiger charge is -2.40. The van der Waals surface area contributed by atoms with Crippen molar-refractivity contribution < 1.29 is 18.4 Å². The summed E-state index contributed by atoms with van der Waals surface area (Å²) in [5.41, 5.74) is 0.912. The van der Waals surface area contributed by atoms with Crippen molar-refractivity contribution >= 4 is 17.6 Å². The van der Waals surface area contributed by atoms with Gasteiger partial charge in [-0.1, -0.05) is 18.2 Å². The summed E-state index contributed by atoms with van der Waals surface area (Å²) in [5, 5.41) is 9.83. The van der Waals surface area contributed by atoms with E-state index >= 15 is 0 Å². The van der Waals surface area contributed by atoms with E-state index in [-0.39, 0.29) is 47.4 Å². The van der Waals surface area contributed by atoms with Crippen molar-refractivity contribution in [3.05, 3.63) is 59.4 Å². The van der Waals surface area contributed by atoms with Crippen LogP contribution in [0.15, 0.2) is 36.5 Å². The highest BCUT2D eigenvalue weighted by atomic mass is 19.1. The first-order valence-corrected chi connectivity index (χ1v) is 10.5. The van der Waals surface area contributed by atoms with Crippen LogP contribution in [0.1, 0.15) is 29.9 Å². The number of halogens is 2. The molecule has 1 fully saturated rings. The molecule has 0 aliphatic carbocycles. The molecule has 0 spiro atoms. The number of rotatable bonds is 7. The van der Waals surface area contributed by atoms with Crippen LogP contribution in [0.3, 0.4) is 0 Å². The minimum Gasteiger partial charge on any atom is -0.350 e. The van der Waals surface area contributed by atoms with E-state index in [1.807, 2.05) is 6.92 Å². The van der Waals surface area contributed by atoms with E-state index in [1.54, 1.807) is 23.1 Å². The van der Waals surface area contributed by atoms with Crippen molar-refractivity contribution in [1.82, 2.24) is 30.4 Å². The molecule has 11 heteroatoms. The zero-order chi connectivity index (χ0) is 23.5. The number of nitrogens with one attached hydrogen (secondary N) is 2. The quantitative estimate of drug-likeness (QED) is 0.530. The maximum absolute atomic E-state index is 14.4. The third kappa shape index (κ3) is 4.81. The largest absolute Gasteiger partial charge is 0.350 e. The highest BCUT2D eigenvalue weighted by Crippen LogP contribution is 2.25. The summed E-state index contributed by atoms with van der Waals surface area (Å²) in [6.07, 6.45) is 1.05. The molecule has 9 nitrogen and oxygen atoms in total. The SMILES string of the molecule is CCNC(=O)NC1CN(c2nc(-c3cc(C(C)=O)n(Cc4ccccc4F)n3)ncc2F)C1. The van der Waals surface area contributed by atoms with E-state index in [4.69, 9.17) is 0 Å². The van der Waals surface area contributed by atoms with Gasteiger partial charge >= 0.3 is 6.03 Å². The molecule has 0 saturated carbocycles. The van der Waals surface area contributed by atoms with Crippen molar-refractivity contribution in [3.8, 4) is 11.5 Å². The van der Waals surface area contributed by atoms with E-state index in [1.165, 1.54) is 23.7 Å². The molecule has 1 aromatic carbocycles. The summed E-state index contributed by atoms with van der Waals surface area (Å²) >= 11 is 0. The Kier molecular flexibility index (Phi) is 6.29. The topological polar surface area (TPSA) is 105 Å². The number of amides is 2. The molecule has 3 heterocycles. The fourth-order valence-corrected chi connectivity index (χ4v) is 3.56. The molecule has 172 valence electrons. The van der Waals surface area contributed by atoms with Gasteiger partial charge < -0.3 is 15.5 Å². The summed E-state index contributed by atoms with van der Waals surface area (Å²) in [4.78, 5) is 33.8. The van der Waals surface area contributed by atoms with Crippen LogP contribution in [-0.2, 0) is 6.54 Å². The molecule has 1 saturated heterocycles. The predicted molar refractivity (Wildman–Crippen MR) is 117 cm³/mol. The average Bonchev–Trinajstić information content (AvgIpc) is 3.17. The second-order valence-corrected chi connectivity index (χ2v) is 7.69. The molecular weight excluding hydrogens is 432 g/mol. The fraction of sp³-hybridized carbons (Fsp3) is 0.318. The molecule has 0 radical (unpaired) electrons. The number of nitrogens with zero attached hydrogens (tertiary/aromatic N) is 5. The Morgan fingerprint density at radius 1 is 1.18 bits per heavy atom. The Morgan fingerprint density at radius 3 is 2.64 bits per heavy atom. The first kappa shape index (κ1) is 22.3. The number of carbonyl (C=O) groups excluding carboxylic acids is 2. The number of carbonyl (C=O) groups is 2. The van der Waals surface area contributed by atoms with Gasteiger partial charge in [-0.05, 0) is 19.1 Å². The van der Waals surface area contributed by atoms with Crippen LogP contribution < -0.4 is 15.5 Å². The Hall–Kier alpha value is -3.89. The molecular formula is C22H23F2N7O2. The van der Waals surface area contributed by atoms with E-state index in [2.05, 4.69) is 25.7 Å². The average molecular weight is 455 g/mol. The molecule has 0 unspecified atom stereocenters. The first-order chi connectivity index (χ1) is 15.9. The summed E-state index contributed by atoms with van der Waals surface area (Å²) in [7, 11) is 0. The maximum Gasteiger partial charge on any atom is 0.315 e. The van der Waals surface area contributed by atoms with Crippen molar-refractivity contribution in [3.63, 3.8) is 0 Å². The Labute approximate surface area is 188 Å². The monoisotopic (exact) mass is 455 g/mol. The van der Waals surface area contributed by atoms with Gasteiger partial charge in [0.1, 0.15) is 17.2 Å². The zero-order valence-corrected chi connectivity index (χ0v) is 18.2. The van der Waals surface area contributed by atoms with Gasteiger partial charge in [0, 0.05) is 32.1 Å². The summed E-state index contributed by atoms with van der Waals surface area (Å²) < 4.78 is 29.9. The van der Waals surface area contributed by atoms with E-state index in [0.717, 1.165) is 6.20 Å². The first-order valence-electron chi connectivity index (χ1n) is 10.5. The highest BCUT2D eigenvalue weighted by molar-refractivity contribution is 5.93. The molecule has 4 rings (SSSR count). The number of urea groups is 1. The van der Waals surface area contributed by atoms with Crippen molar-refractivity contribution in [2.24, 2.45) is 0 Å². The summed E-state index contributed by atoms with van der Waals surface area (Å²) in [6, 6.07) is 7.34. The van der Waals surface area contributed by atoms with Gasteiger partial charge in [0.05, 0.1) is 18.8 Å².